The summed E-state index contributed by atoms with van der Waals surface area (Å²) in [5.41, 5.74) is 1.79. The fourth-order valence-electron chi connectivity index (χ4n) is 2.57. The van der Waals surface area contributed by atoms with Gasteiger partial charge in [0.05, 0.1) is 19.0 Å². The molecule has 2 heterocycles. The number of benzene rings is 1. The van der Waals surface area contributed by atoms with Gasteiger partial charge in [0.1, 0.15) is 11.6 Å². The van der Waals surface area contributed by atoms with Crippen molar-refractivity contribution >= 4 is 23.1 Å². The maximum Gasteiger partial charge on any atom is 0.228 e. The lowest BCUT2D eigenvalue weighted by Crippen LogP contribution is -2.28. The summed E-state index contributed by atoms with van der Waals surface area (Å²) in [4.78, 5) is 16.5. The quantitative estimate of drug-likeness (QED) is 0.882. The number of anilines is 3. The third-order valence-electron chi connectivity index (χ3n) is 3.99. The molecule has 1 saturated heterocycles. The summed E-state index contributed by atoms with van der Waals surface area (Å²) in [7, 11) is 1.64. The Labute approximate surface area is 141 Å². The van der Waals surface area contributed by atoms with Crippen LogP contribution >= 0.6 is 0 Å². The monoisotopic (exact) mass is 327 g/mol. The fraction of sp³-hybridized carbons (Fsp3) is 0.333. The van der Waals surface area contributed by atoms with Crippen molar-refractivity contribution in [3.05, 3.63) is 42.6 Å². The molecule has 6 heteroatoms. The van der Waals surface area contributed by atoms with Crippen LogP contribution in [-0.4, -0.2) is 31.2 Å². The lowest BCUT2D eigenvalue weighted by Gasteiger charge is -2.20. The predicted molar refractivity (Wildman–Crippen MR) is 92.7 cm³/mol. The smallest absolute Gasteiger partial charge is 0.228 e. The van der Waals surface area contributed by atoms with E-state index in [-0.39, 0.29) is 11.8 Å². The SMILES string of the molecule is COc1ccc(Nc2ccc(NC(=O)C3CCOCC3)nc2)cc1. The van der Waals surface area contributed by atoms with E-state index in [0.717, 1.165) is 30.0 Å². The molecule has 24 heavy (non-hydrogen) atoms. The van der Waals surface area contributed by atoms with Crippen molar-refractivity contribution in [2.45, 2.75) is 12.8 Å². The van der Waals surface area contributed by atoms with E-state index >= 15 is 0 Å². The number of nitrogens with one attached hydrogen (secondary N) is 2. The van der Waals surface area contributed by atoms with Crippen molar-refractivity contribution in [1.82, 2.24) is 4.98 Å². The average molecular weight is 327 g/mol. The zero-order chi connectivity index (χ0) is 16.8. The molecule has 1 amide bonds. The molecule has 6 nitrogen and oxygen atoms in total. The van der Waals surface area contributed by atoms with Gasteiger partial charge >= 0.3 is 0 Å². The highest BCUT2D eigenvalue weighted by Gasteiger charge is 2.21. The van der Waals surface area contributed by atoms with E-state index in [1.54, 1.807) is 19.4 Å². The van der Waals surface area contributed by atoms with Gasteiger partial charge in [-0.25, -0.2) is 4.98 Å². The third kappa shape index (κ3) is 4.23. The standard InChI is InChI=1S/C18H21N3O3/c1-23-16-5-2-14(3-6-16)20-15-4-7-17(19-12-15)21-18(22)13-8-10-24-11-9-13/h2-7,12-13,20H,8-11H2,1H3,(H,19,21,22). The van der Waals surface area contributed by atoms with E-state index in [0.29, 0.717) is 19.0 Å². The maximum atomic E-state index is 12.2. The van der Waals surface area contributed by atoms with Gasteiger partial charge in [-0.1, -0.05) is 0 Å². The average Bonchev–Trinajstić information content (AvgIpc) is 2.65. The Morgan fingerprint density at radius 1 is 1.12 bits per heavy atom. The first kappa shape index (κ1) is 16.3. The summed E-state index contributed by atoms with van der Waals surface area (Å²) in [6, 6.07) is 11.3. The van der Waals surface area contributed by atoms with Gasteiger partial charge in [-0.15, -0.1) is 0 Å². The molecule has 1 aliphatic rings. The number of nitrogens with zero attached hydrogens (tertiary/aromatic N) is 1. The number of carbonyl (C=O) groups is 1. The molecule has 0 aliphatic carbocycles. The van der Waals surface area contributed by atoms with Gasteiger partial charge in [-0.05, 0) is 49.2 Å². The Bertz CT molecular complexity index is 665. The largest absolute Gasteiger partial charge is 0.497 e. The van der Waals surface area contributed by atoms with Crippen LogP contribution in [0.5, 0.6) is 5.75 Å². The summed E-state index contributed by atoms with van der Waals surface area (Å²) < 4.78 is 10.4. The van der Waals surface area contributed by atoms with Gasteiger partial charge in [-0.2, -0.15) is 0 Å². The zero-order valence-corrected chi connectivity index (χ0v) is 13.6. The van der Waals surface area contributed by atoms with E-state index in [1.807, 2.05) is 30.3 Å². The van der Waals surface area contributed by atoms with Crippen LogP contribution in [0.3, 0.4) is 0 Å². The minimum Gasteiger partial charge on any atom is -0.497 e. The minimum atomic E-state index is 0.0117. The van der Waals surface area contributed by atoms with Crippen LogP contribution in [0.25, 0.3) is 0 Å². The molecule has 0 spiro atoms. The Hall–Kier alpha value is -2.60. The molecular formula is C18H21N3O3. The van der Waals surface area contributed by atoms with Crippen molar-refractivity contribution in [2.75, 3.05) is 31.0 Å². The summed E-state index contributed by atoms with van der Waals surface area (Å²) in [6.07, 6.45) is 3.23. The maximum absolute atomic E-state index is 12.2. The molecule has 2 N–H and O–H groups in total. The second-order valence-electron chi connectivity index (χ2n) is 5.66. The number of pyridine rings is 1. The minimum absolute atomic E-state index is 0.0117. The first-order valence-corrected chi connectivity index (χ1v) is 8.00. The van der Waals surface area contributed by atoms with Crippen molar-refractivity contribution < 1.29 is 14.3 Å². The Morgan fingerprint density at radius 3 is 2.46 bits per heavy atom. The van der Waals surface area contributed by atoms with Crippen molar-refractivity contribution in [3.8, 4) is 5.75 Å². The van der Waals surface area contributed by atoms with Crippen LogP contribution in [0.4, 0.5) is 17.2 Å². The van der Waals surface area contributed by atoms with Crippen molar-refractivity contribution in [3.63, 3.8) is 0 Å². The summed E-state index contributed by atoms with van der Waals surface area (Å²) >= 11 is 0. The van der Waals surface area contributed by atoms with Gasteiger partial charge in [0.2, 0.25) is 5.91 Å². The molecule has 0 unspecified atom stereocenters. The van der Waals surface area contributed by atoms with E-state index < -0.39 is 0 Å². The first-order chi connectivity index (χ1) is 11.7. The molecular weight excluding hydrogens is 306 g/mol. The number of ether oxygens (including phenoxy) is 2. The highest BCUT2D eigenvalue weighted by Crippen LogP contribution is 2.21. The molecule has 0 radical (unpaired) electrons. The van der Waals surface area contributed by atoms with Gasteiger partial charge in [0, 0.05) is 24.8 Å². The normalized spacial score (nSPS) is 14.9. The third-order valence-corrected chi connectivity index (χ3v) is 3.99. The molecule has 0 atom stereocenters. The number of hydrogen-bond acceptors (Lipinski definition) is 5. The molecule has 0 bridgehead atoms. The van der Waals surface area contributed by atoms with Crippen LogP contribution in [0.2, 0.25) is 0 Å². The van der Waals surface area contributed by atoms with Gasteiger partial charge in [0.15, 0.2) is 0 Å². The molecule has 1 fully saturated rings. The molecule has 0 saturated carbocycles. The van der Waals surface area contributed by atoms with E-state index in [4.69, 9.17) is 9.47 Å². The second-order valence-corrected chi connectivity index (χ2v) is 5.66. The molecule has 2 aromatic rings. The number of amides is 1. The van der Waals surface area contributed by atoms with E-state index in [9.17, 15) is 4.79 Å². The number of carbonyl (C=O) groups excluding carboxylic acids is 1. The Balaban J connectivity index is 1.57. The number of hydrogen-bond donors (Lipinski definition) is 2. The molecule has 1 aliphatic heterocycles. The number of methoxy groups -OCH3 is 1. The first-order valence-electron chi connectivity index (χ1n) is 8.00. The summed E-state index contributed by atoms with van der Waals surface area (Å²) in [5, 5.41) is 6.12. The Kier molecular flexibility index (Phi) is 5.28. The topological polar surface area (TPSA) is 72.5 Å². The van der Waals surface area contributed by atoms with Gasteiger partial charge in [-0.3, -0.25) is 4.79 Å². The lowest BCUT2D eigenvalue weighted by molar-refractivity contribution is -0.122. The molecule has 126 valence electrons. The van der Waals surface area contributed by atoms with Crippen LogP contribution < -0.4 is 15.4 Å². The highest BCUT2D eigenvalue weighted by atomic mass is 16.5. The lowest BCUT2D eigenvalue weighted by atomic mass is 9.99. The van der Waals surface area contributed by atoms with Crippen molar-refractivity contribution in [2.24, 2.45) is 5.92 Å². The fourth-order valence-corrected chi connectivity index (χ4v) is 2.57. The van der Waals surface area contributed by atoms with E-state index in [1.165, 1.54) is 0 Å². The Morgan fingerprint density at radius 2 is 1.83 bits per heavy atom. The zero-order valence-electron chi connectivity index (χ0n) is 13.6. The van der Waals surface area contributed by atoms with Crippen LogP contribution in [0.1, 0.15) is 12.8 Å². The predicted octanol–water partition coefficient (Wildman–Crippen LogP) is 3.20. The van der Waals surface area contributed by atoms with Crippen LogP contribution in [0.15, 0.2) is 42.6 Å². The van der Waals surface area contributed by atoms with Crippen molar-refractivity contribution in [1.29, 1.82) is 0 Å². The second kappa shape index (κ2) is 7.79. The molecule has 1 aromatic carbocycles. The molecule has 1 aromatic heterocycles. The number of aromatic nitrogens is 1. The molecule has 3 rings (SSSR count). The summed E-state index contributed by atoms with van der Waals surface area (Å²) in [6.45, 7) is 1.30. The van der Waals surface area contributed by atoms with Gasteiger partial charge in [0.25, 0.3) is 0 Å². The van der Waals surface area contributed by atoms with Crippen LogP contribution in [-0.2, 0) is 9.53 Å². The van der Waals surface area contributed by atoms with E-state index in [2.05, 4.69) is 15.6 Å². The number of rotatable bonds is 5. The summed E-state index contributed by atoms with van der Waals surface area (Å²) in [5.74, 6) is 1.40. The highest BCUT2D eigenvalue weighted by molar-refractivity contribution is 5.91. The van der Waals surface area contributed by atoms with Gasteiger partial charge < -0.3 is 20.1 Å². The van der Waals surface area contributed by atoms with Crippen LogP contribution in [0, 0.1) is 5.92 Å².